The first kappa shape index (κ1) is 11.7. The summed E-state index contributed by atoms with van der Waals surface area (Å²) in [5, 5.41) is 0. The molecule has 6 heteroatoms. The first-order valence-electron chi connectivity index (χ1n) is 4.55. The third-order valence-electron chi connectivity index (χ3n) is 2.22. The molecule has 0 saturated carbocycles. The molecule has 0 spiro atoms. The smallest absolute Gasteiger partial charge is 0.368 e. The highest BCUT2D eigenvalue weighted by atomic mass is 19.4. The summed E-state index contributed by atoms with van der Waals surface area (Å²) in [6, 6.07) is 0. The number of nitrogens with zero attached hydrogens (tertiary/aromatic N) is 2. The SMILES string of the molecule is CCC(C)c1nc(N)ncc1C(F)(F)F. The number of hydrogen-bond donors (Lipinski definition) is 1. The molecule has 1 atom stereocenters. The Labute approximate surface area is 85.5 Å². The molecule has 0 aliphatic rings. The maximum Gasteiger partial charge on any atom is 0.419 e. The molecule has 3 nitrogen and oxygen atoms in total. The Kier molecular flexibility index (Phi) is 3.16. The van der Waals surface area contributed by atoms with Crippen LogP contribution >= 0.6 is 0 Å². The number of rotatable bonds is 2. The van der Waals surface area contributed by atoms with Crippen molar-refractivity contribution in [3.63, 3.8) is 0 Å². The van der Waals surface area contributed by atoms with Gasteiger partial charge in [-0.1, -0.05) is 13.8 Å². The van der Waals surface area contributed by atoms with E-state index in [-0.39, 0.29) is 17.6 Å². The van der Waals surface area contributed by atoms with Gasteiger partial charge in [0.15, 0.2) is 0 Å². The van der Waals surface area contributed by atoms with E-state index in [9.17, 15) is 13.2 Å². The Bertz CT molecular complexity index is 349. The summed E-state index contributed by atoms with van der Waals surface area (Å²) >= 11 is 0. The summed E-state index contributed by atoms with van der Waals surface area (Å²) in [5.74, 6) is -0.412. The van der Waals surface area contributed by atoms with E-state index >= 15 is 0 Å². The Morgan fingerprint density at radius 1 is 1.47 bits per heavy atom. The van der Waals surface area contributed by atoms with Gasteiger partial charge in [0.2, 0.25) is 5.95 Å². The van der Waals surface area contributed by atoms with Crippen molar-refractivity contribution in [1.29, 1.82) is 0 Å². The average Bonchev–Trinajstić information content (AvgIpc) is 2.14. The van der Waals surface area contributed by atoms with Gasteiger partial charge in [-0.25, -0.2) is 9.97 Å². The lowest BCUT2D eigenvalue weighted by atomic mass is 10.0. The molecule has 84 valence electrons. The van der Waals surface area contributed by atoms with Gasteiger partial charge in [-0.3, -0.25) is 0 Å². The van der Waals surface area contributed by atoms with Crippen LogP contribution in [-0.2, 0) is 6.18 Å². The third kappa shape index (κ3) is 2.57. The lowest BCUT2D eigenvalue weighted by Crippen LogP contribution is -2.14. The molecule has 0 amide bonds. The summed E-state index contributed by atoms with van der Waals surface area (Å²) in [7, 11) is 0. The summed E-state index contributed by atoms with van der Waals surface area (Å²) in [6.07, 6.45) is -3.12. The molecule has 0 bridgehead atoms. The molecule has 0 aliphatic carbocycles. The second-order valence-electron chi connectivity index (χ2n) is 3.33. The monoisotopic (exact) mass is 219 g/mol. The summed E-state index contributed by atoms with van der Waals surface area (Å²) in [6.45, 7) is 3.47. The highest BCUT2D eigenvalue weighted by Gasteiger charge is 2.35. The zero-order valence-corrected chi connectivity index (χ0v) is 8.47. The molecular formula is C9H12F3N3. The molecule has 0 aliphatic heterocycles. The van der Waals surface area contributed by atoms with E-state index in [1.807, 2.05) is 0 Å². The van der Waals surface area contributed by atoms with Gasteiger partial charge in [0.25, 0.3) is 0 Å². The average molecular weight is 219 g/mol. The zero-order valence-electron chi connectivity index (χ0n) is 8.47. The molecular weight excluding hydrogens is 207 g/mol. The summed E-state index contributed by atoms with van der Waals surface area (Å²) in [5.41, 5.74) is 4.44. The normalized spacial score (nSPS) is 13.9. The molecule has 0 saturated heterocycles. The van der Waals surface area contributed by atoms with Crippen LogP contribution in [0.5, 0.6) is 0 Å². The van der Waals surface area contributed by atoms with Crippen molar-refractivity contribution in [2.45, 2.75) is 32.4 Å². The second-order valence-corrected chi connectivity index (χ2v) is 3.33. The highest BCUT2D eigenvalue weighted by molar-refractivity contribution is 5.29. The van der Waals surface area contributed by atoms with Crippen LogP contribution in [0, 0.1) is 0 Å². The van der Waals surface area contributed by atoms with Crippen LogP contribution in [0.1, 0.15) is 37.4 Å². The van der Waals surface area contributed by atoms with Gasteiger partial charge in [-0.05, 0) is 12.3 Å². The highest BCUT2D eigenvalue weighted by Crippen LogP contribution is 2.34. The molecule has 0 aromatic carbocycles. The molecule has 15 heavy (non-hydrogen) atoms. The van der Waals surface area contributed by atoms with E-state index in [0.717, 1.165) is 6.20 Å². The Balaban J connectivity index is 3.27. The minimum Gasteiger partial charge on any atom is -0.368 e. The first-order valence-corrected chi connectivity index (χ1v) is 4.55. The number of alkyl halides is 3. The molecule has 1 rings (SSSR count). The Morgan fingerprint density at radius 2 is 2.07 bits per heavy atom. The van der Waals surface area contributed by atoms with Gasteiger partial charge in [0.1, 0.15) is 0 Å². The van der Waals surface area contributed by atoms with Crippen LogP contribution in [0.4, 0.5) is 19.1 Å². The predicted molar refractivity (Wildman–Crippen MR) is 50.2 cm³/mol. The number of hydrogen-bond acceptors (Lipinski definition) is 3. The van der Waals surface area contributed by atoms with Gasteiger partial charge in [0, 0.05) is 6.20 Å². The topological polar surface area (TPSA) is 51.8 Å². The van der Waals surface area contributed by atoms with E-state index < -0.39 is 11.7 Å². The molecule has 1 aromatic heterocycles. The maximum absolute atomic E-state index is 12.6. The van der Waals surface area contributed by atoms with E-state index in [4.69, 9.17) is 5.73 Å². The minimum atomic E-state index is -4.42. The lowest BCUT2D eigenvalue weighted by molar-refractivity contribution is -0.138. The fraction of sp³-hybridized carbons (Fsp3) is 0.556. The van der Waals surface area contributed by atoms with Crippen LogP contribution in [0.3, 0.4) is 0 Å². The fourth-order valence-corrected chi connectivity index (χ4v) is 1.20. The summed E-state index contributed by atoms with van der Waals surface area (Å²) in [4.78, 5) is 7.03. The van der Waals surface area contributed by atoms with Crippen molar-refractivity contribution in [1.82, 2.24) is 9.97 Å². The molecule has 1 aromatic rings. The van der Waals surface area contributed by atoms with Crippen molar-refractivity contribution in [2.75, 3.05) is 5.73 Å². The van der Waals surface area contributed by atoms with Crippen molar-refractivity contribution in [3.8, 4) is 0 Å². The van der Waals surface area contributed by atoms with Crippen molar-refractivity contribution >= 4 is 5.95 Å². The van der Waals surface area contributed by atoms with Crippen molar-refractivity contribution in [3.05, 3.63) is 17.5 Å². The van der Waals surface area contributed by atoms with E-state index in [1.165, 1.54) is 0 Å². The van der Waals surface area contributed by atoms with E-state index in [2.05, 4.69) is 9.97 Å². The standard InChI is InChI=1S/C9H12F3N3/c1-3-5(2)7-6(9(10,11)12)4-14-8(13)15-7/h4-5H,3H2,1-2H3,(H2,13,14,15). The lowest BCUT2D eigenvalue weighted by Gasteiger charge is -2.15. The predicted octanol–water partition coefficient (Wildman–Crippen LogP) is 2.59. The first-order chi connectivity index (χ1) is 6.86. The van der Waals surface area contributed by atoms with Crippen molar-refractivity contribution < 1.29 is 13.2 Å². The Morgan fingerprint density at radius 3 is 2.53 bits per heavy atom. The van der Waals surface area contributed by atoms with Crippen LogP contribution in [-0.4, -0.2) is 9.97 Å². The summed E-state index contributed by atoms with van der Waals surface area (Å²) < 4.78 is 37.7. The van der Waals surface area contributed by atoms with Gasteiger partial charge in [-0.2, -0.15) is 13.2 Å². The van der Waals surface area contributed by atoms with Gasteiger partial charge in [-0.15, -0.1) is 0 Å². The quantitative estimate of drug-likeness (QED) is 0.831. The largest absolute Gasteiger partial charge is 0.419 e. The number of anilines is 1. The van der Waals surface area contributed by atoms with Crippen molar-refractivity contribution in [2.24, 2.45) is 0 Å². The Hall–Kier alpha value is -1.33. The zero-order chi connectivity index (χ0) is 11.6. The second kappa shape index (κ2) is 4.04. The van der Waals surface area contributed by atoms with Gasteiger partial charge < -0.3 is 5.73 Å². The molecule has 0 radical (unpaired) electrons. The third-order valence-corrected chi connectivity index (χ3v) is 2.22. The maximum atomic E-state index is 12.6. The fourth-order valence-electron chi connectivity index (χ4n) is 1.20. The molecule has 1 heterocycles. The van der Waals surface area contributed by atoms with Crippen LogP contribution < -0.4 is 5.73 Å². The molecule has 1 unspecified atom stereocenters. The number of aromatic nitrogens is 2. The number of halogens is 3. The number of nitrogens with two attached hydrogens (primary N) is 1. The van der Waals surface area contributed by atoms with E-state index in [1.54, 1.807) is 13.8 Å². The number of nitrogen functional groups attached to an aromatic ring is 1. The van der Waals surface area contributed by atoms with Crippen LogP contribution in [0.15, 0.2) is 6.20 Å². The van der Waals surface area contributed by atoms with E-state index in [0.29, 0.717) is 6.42 Å². The van der Waals surface area contributed by atoms with Crippen LogP contribution in [0.25, 0.3) is 0 Å². The molecule has 2 N–H and O–H groups in total. The van der Waals surface area contributed by atoms with Gasteiger partial charge >= 0.3 is 6.18 Å². The van der Waals surface area contributed by atoms with Gasteiger partial charge in [0.05, 0.1) is 11.3 Å². The molecule has 0 fully saturated rings. The minimum absolute atomic E-state index is 0.0301. The van der Waals surface area contributed by atoms with Crippen LogP contribution in [0.2, 0.25) is 0 Å².